The predicted octanol–water partition coefficient (Wildman–Crippen LogP) is 2.71. The van der Waals surface area contributed by atoms with E-state index >= 15 is 0 Å². The Hall–Kier alpha value is -1.13. The fourth-order valence-electron chi connectivity index (χ4n) is 1.14. The van der Waals surface area contributed by atoms with Crippen molar-refractivity contribution in [2.24, 2.45) is 5.92 Å². The summed E-state index contributed by atoms with van der Waals surface area (Å²) >= 11 is 1.44. The molecule has 1 atom stereocenters. The maximum Gasteiger partial charge on any atom is 0.406 e. The Bertz CT molecular complexity index is 397. The lowest BCUT2D eigenvalue weighted by Gasteiger charge is -2.13. The van der Waals surface area contributed by atoms with Crippen LogP contribution in [0.1, 0.15) is 10.6 Å². The third-order valence-corrected chi connectivity index (χ3v) is 3.15. The van der Waals surface area contributed by atoms with E-state index in [0.29, 0.717) is 6.42 Å². The molecule has 0 radical (unpaired) electrons. The zero-order valence-corrected chi connectivity index (χ0v) is 9.94. The number of aromatic nitrogens is 1. The van der Waals surface area contributed by atoms with Gasteiger partial charge >= 0.3 is 6.18 Å². The van der Waals surface area contributed by atoms with Crippen LogP contribution < -0.4 is 0 Å². The normalized spacial score (nSPS) is 13.4. The molecule has 0 aliphatic carbocycles. The fraction of sp³-hybridized carbons (Fsp3) is 0.600. The molecule has 0 aliphatic rings. The van der Waals surface area contributed by atoms with E-state index in [2.05, 4.69) is 4.98 Å². The van der Waals surface area contributed by atoms with Crippen molar-refractivity contribution >= 4 is 11.3 Å². The number of hydrogen-bond donors (Lipinski definition) is 0. The van der Waals surface area contributed by atoms with E-state index in [1.807, 2.05) is 6.92 Å². The molecule has 0 fully saturated rings. The van der Waals surface area contributed by atoms with Crippen molar-refractivity contribution in [3.63, 3.8) is 0 Å². The van der Waals surface area contributed by atoms with E-state index in [0.717, 1.165) is 10.6 Å². The van der Waals surface area contributed by atoms with Crippen molar-refractivity contribution in [1.82, 2.24) is 4.98 Å². The van der Waals surface area contributed by atoms with Gasteiger partial charge in [0.15, 0.2) is 5.92 Å². The largest absolute Gasteiger partial charge is 0.406 e. The summed E-state index contributed by atoms with van der Waals surface area (Å²) in [6.45, 7) is 1.38. The number of nitriles is 1. The van der Waals surface area contributed by atoms with Crippen LogP contribution in [0.5, 0.6) is 0 Å². The predicted molar refractivity (Wildman–Crippen MR) is 56.5 cm³/mol. The van der Waals surface area contributed by atoms with E-state index in [-0.39, 0.29) is 6.61 Å². The third-order valence-electron chi connectivity index (χ3n) is 2.15. The van der Waals surface area contributed by atoms with Crippen molar-refractivity contribution < 1.29 is 17.9 Å². The standard InChI is InChI=1S/C10H11F3N2OS/c1-7-9(17-6-15-7)2-3-16-5-8(4-14)10(11,12)13/h6,8H,2-3,5H2,1H3. The van der Waals surface area contributed by atoms with Crippen molar-refractivity contribution in [2.45, 2.75) is 19.5 Å². The smallest absolute Gasteiger partial charge is 0.379 e. The van der Waals surface area contributed by atoms with E-state index in [1.54, 1.807) is 5.51 Å². The molecule has 0 spiro atoms. The number of rotatable bonds is 5. The summed E-state index contributed by atoms with van der Waals surface area (Å²) in [7, 11) is 0. The molecule has 1 unspecified atom stereocenters. The molecule has 94 valence electrons. The van der Waals surface area contributed by atoms with Gasteiger partial charge in [-0.15, -0.1) is 11.3 Å². The summed E-state index contributed by atoms with van der Waals surface area (Å²) in [5.74, 6) is -2.05. The summed E-state index contributed by atoms with van der Waals surface area (Å²) in [6, 6.07) is 1.19. The minimum atomic E-state index is -4.52. The van der Waals surface area contributed by atoms with Gasteiger partial charge in [0, 0.05) is 11.3 Å². The van der Waals surface area contributed by atoms with Crippen molar-refractivity contribution in [3.8, 4) is 6.07 Å². The first-order valence-corrected chi connectivity index (χ1v) is 5.76. The minimum Gasteiger partial charge on any atom is -0.379 e. The first-order chi connectivity index (χ1) is 7.95. The second kappa shape index (κ2) is 5.98. The van der Waals surface area contributed by atoms with Gasteiger partial charge in [0.1, 0.15) is 0 Å². The van der Waals surface area contributed by atoms with Gasteiger partial charge in [-0.2, -0.15) is 18.4 Å². The Balaban J connectivity index is 2.29. The molecule has 0 aromatic carbocycles. The van der Waals surface area contributed by atoms with Gasteiger partial charge in [-0.1, -0.05) is 0 Å². The molecule has 0 saturated heterocycles. The molecule has 0 aliphatic heterocycles. The molecule has 3 nitrogen and oxygen atoms in total. The van der Waals surface area contributed by atoms with Gasteiger partial charge in [-0.05, 0) is 6.92 Å². The summed E-state index contributed by atoms with van der Waals surface area (Å²) in [4.78, 5) is 5.01. The molecule has 0 N–H and O–H groups in total. The number of ether oxygens (including phenoxy) is 1. The van der Waals surface area contributed by atoms with Crippen LogP contribution in [0.3, 0.4) is 0 Å². The first-order valence-electron chi connectivity index (χ1n) is 4.88. The molecule has 1 aromatic heterocycles. The van der Waals surface area contributed by atoms with E-state index in [1.165, 1.54) is 17.4 Å². The Morgan fingerprint density at radius 1 is 1.59 bits per heavy atom. The topological polar surface area (TPSA) is 45.9 Å². The average Bonchev–Trinajstić information content (AvgIpc) is 2.62. The highest BCUT2D eigenvalue weighted by Crippen LogP contribution is 2.25. The van der Waals surface area contributed by atoms with Gasteiger partial charge in [-0.25, -0.2) is 4.98 Å². The molecule has 0 bridgehead atoms. The summed E-state index contributed by atoms with van der Waals surface area (Å²) in [5.41, 5.74) is 2.55. The Morgan fingerprint density at radius 2 is 2.29 bits per heavy atom. The number of thiazole rings is 1. The summed E-state index contributed by atoms with van der Waals surface area (Å²) in [6.07, 6.45) is -4.00. The van der Waals surface area contributed by atoms with Crippen LogP contribution in [0.25, 0.3) is 0 Å². The van der Waals surface area contributed by atoms with Gasteiger partial charge in [0.2, 0.25) is 0 Å². The average molecular weight is 264 g/mol. The zero-order chi connectivity index (χ0) is 12.9. The number of nitrogens with zero attached hydrogens (tertiary/aromatic N) is 2. The highest BCUT2D eigenvalue weighted by Gasteiger charge is 2.39. The van der Waals surface area contributed by atoms with E-state index in [4.69, 9.17) is 10.00 Å². The monoisotopic (exact) mass is 264 g/mol. The SMILES string of the molecule is Cc1ncsc1CCOCC(C#N)C(F)(F)F. The maximum atomic E-state index is 12.2. The molecule has 0 amide bonds. The van der Waals surface area contributed by atoms with Gasteiger partial charge in [-0.3, -0.25) is 0 Å². The molecule has 1 rings (SSSR count). The van der Waals surface area contributed by atoms with Crippen LogP contribution in [0, 0.1) is 24.2 Å². The maximum absolute atomic E-state index is 12.2. The van der Waals surface area contributed by atoms with Crippen LogP contribution in [0.2, 0.25) is 0 Å². The zero-order valence-electron chi connectivity index (χ0n) is 9.12. The number of aryl methyl sites for hydroxylation is 1. The molecule has 7 heteroatoms. The van der Waals surface area contributed by atoms with Crippen LogP contribution in [0.4, 0.5) is 13.2 Å². The number of halogens is 3. The molecular formula is C10H11F3N2OS. The first kappa shape index (κ1) is 13.9. The van der Waals surface area contributed by atoms with Crippen LogP contribution >= 0.6 is 11.3 Å². The number of hydrogen-bond acceptors (Lipinski definition) is 4. The lowest BCUT2D eigenvalue weighted by Crippen LogP contribution is -2.26. The van der Waals surface area contributed by atoms with Crippen LogP contribution in [0.15, 0.2) is 5.51 Å². The van der Waals surface area contributed by atoms with Crippen molar-refractivity contribution in [2.75, 3.05) is 13.2 Å². The quantitative estimate of drug-likeness (QED) is 0.768. The molecule has 17 heavy (non-hydrogen) atoms. The Kier molecular flexibility index (Phi) is 4.90. The molecule has 1 heterocycles. The van der Waals surface area contributed by atoms with Gasteiger partial charge < -0.3 is 4.74 Å². The summed E-state index contributed by atoms with van der Waals surface area (Å²) in [5, 5.41) is 8.33. The molecular weight excluding hydrogens is 253 g/mol. The van der Waals surface area contributed by atoms with Gasteiger partial charge in [0.25, 0.3) is 0 Å². The van der Waals surface area contributed by atoms with E-state index < -0.39 is 18.7 Å². The molecule has 1 aromatic rings. The third kappa shape index (κ3) is 4.32. The van der Waals surface area contributed by atoms with Crippen molar-refractivity contribution in [1.29, 1.82) is 5.26 Å². The second-order valence-electron chi connectivity index (χ2n) is 3.41. The van der Waals surface area contributed by atoms with Crippen molar-refractivity contribution in [3.05, 3.63) is 16.1 Å². The Morgan fingerprint density at radius 3 is 2.76 bits per heavy atom. The second-order valence-corrected chi connectivity index (χ2v) is 4.35. The van der Waals surface area contributed by atoms with Crippen LogP contribution in [-0.2, 0) is 11.2 Å². The van der Waals surface area contributed by atoms with Crippen LogP contribution in [-0.4, -0.2) is 24.4 Å². The fourth-order valence-corrected chi connectivity index (χ4v) is 1.90. The lowest BCUT2D eigenvalue weighted by molar-refractivity contribution is -0.171. The highest BCUT2D eigenvalue weighted by atomic mass is 32.1. The number of alkyl halides is 3. The lowest BCUT2D eigenvalue weighted by atomic mass is 10.2. The van der Waals surface area contributed by atoms with Gasteiger partial charge in [0.05, 0.1) is 30.5 Å². The molecule has 0 saturated carbocycles. The Labute approximate surface area is 101 Å². The minimum absolute atomic E-state index is 0.164. The highest BCUT2D eigenvalue weighted by molar-refractivity contribution is 7.09. The summed E-state index contributed by atoms with van der Waals surface area (Å²) < 4.78 is 41.4. The van der Waals surface area contributed by atoms with E-state index in [9.17, 15) is 13.2 Å².